The average molecular weight is 343 g/mol. The van der Waals surface area contributed by atoms with E-state index in [4.69, 9.17) is 4.84 Å². The van der Waals surface area contributed by atoms with Gasteiger partial charge in [0, 0.05) is 11.1 Å². The molecule has 3 aromatic rings. The molecule has 0 amide bonds. The van der Waals surface area contributed by atoms with Gasteiger partial charge < -0.3 is 4.84 Å². The Morgan fingerprint density at radius 1 is 0.769 bits per heavy atom. The Balaban J connectivity index is 1.88. The van der Waals surface area contributed by atoms with E-state index in [2.05, 4.69) is 5.16 Å². The van der Waals surface area contributed by atoms with Crippen LogP contribution in [0.4, 0.5) is 0 Å². The molecule has 0 unspecified atom stereocenters. The third-order valence-corrected chi connectivity index (χ3v) is 4.08. The lowest BCUT2D eigenvalue weighted by atomic mass is 9.99. The fourth-order valence-corrected chi connectivity index (χ4v) is 2.52. The van der Waals surface area contributed by atoms with E-state index in [1.54, 1.807) is 0 Å². The molecule has 3 nitrogen and oxygen atoms in total. The fourth-order valence-electron chi connectivity index (χ4n) is 2.52. The number of benzene rings is 3. The molecule has 130 valence electrons. The second-order valence-corrected chi connectivity index (χ2v) is 6.26. The number of nitrogens with zero attached hydrogens (tertiary/aromatic N) is 1. The van der Waals surface area contributed by atoms with Crippen molar-refractivity contribution >= 4 is 11.5 Å². The molecule has 0 N–H and O–H groups in total. The molecule has 0 fully saturated rings. The molecule has 3 heteroatoms. The van der Waals surface area contributed by atoms with Gasteiger partial charge in [0.2, 0.25) is 5.78 Å². The van der Waals surface area contributed by atoms with Crippen LogP contribution in [0.5, 0.6) is 0 Å². The lowest BCUT2D eigenvalue weighted by Gasteiger charge is -2.08. The zero-order valence-electron chi connectivity index (χ0n) is 15.0. The van der Waals surface area contributed by atoms with Crippen LogP contribution >= 0.6 is 0 Å². The molecule has 0 atom stereocenters. The SMILES string of the molecule is Cc1ccc(C(=O)/C(=N/OCc2ccccc2)c2ccc(C)cc2)cc1. The maximum Gasteiger partial charge on any atom is 0.215 e. The van der Waals surface area contributed by atoms with E-state index in [-0.39, 0.29) is 5.78 Å². The number of oxime groups is 1. The van der Waals surface area contributed by atoms with Crippen LogP contribution in [0.1, 0.15) is 32.6 Å². The van der Waals surface area contributed by atoms with Crippen molar-refractivity contribution in [2.75, 3.05) is 0 Å². The smallest absolute Gasteiger partial charge is 0.215 e. The zero-order chi connectivity index (χ0) is 18.4. The molecule has 0 spiro atoms. The van der Waals surface area contributed by atoms with Crippen molar-refractivity contribution in [1.29, 1.82) is 0 Å². The van der Waals surface area contributed by atoms with Crippen molar-refractivity contribution in [3.05, 3.63) is 107 Å². The third kappa shape index (κ3) is 4.45. The summed E-state index contributed by atoms with van der Waals surface area (Å²) in [6, 6.07) is 25.0. The number of hydrogen-bond acceptors (Lipinski definition) is 3. The highest BCUT2D eigenvalue weighted by molar-refractivity contribution is 6.51. The second-order valence-electron chi connectivity index (χ2n) is 6.26. The molecule has 0 bridgehead atoms. The molecule has 0 aromatic heterocycles. The van der Waals surface area contributed by atoms with Crippen molar-refractivity contribution in [2.24, 2.45) is 5.16 Å². The van der Waals surface area contributed by atoms with Crippen LogP contribution < -0.4 is 0 Å². The molecule has 0 saturated carbocycles. The van der Waals surface area contributed by atoms with Crippen LogP contribution in [0, 0.1) is 13.8 Å². The van der Waals surface area contributed by atoms with Crippen LogP contribution in [0.15, 0.2) is 84.0 Å². The maximum atomic E-state index is 13.0. The summed E-state index contributed by atoms with van der Waals surface area (Å²) in [7, 11) is 0. The van der Waals surface area contributed by atoms with Crippen LogP contribution in [0.2, 0.25) is 0 Å². The highest BCUT2D eigenvalue weighted by Gasteiger charge is 2.17. The molecular formula is C23H21NO2. The summed E-state index contributed by atoms with van der Waals surface area (Å²) in [5, 5.41) is 4.18. The van der Waals surface area contributed by atoms with Gasteiger partial charge in [-0.05, 0) is 19.4 Å². The first-order valence-electron chi connectivity index (χ1n) is 8.56. The van der Waals surface area contributed by atoms with Gasteiger partial charge in [0.1, 0.15) is 6.61 Å². The van der Waals surface area contributed by atoms with Crippen molar-refractivity contribution in [1.82, 2.24) is 0 Å². The largest absolute Gasteiger partial charge is 0.390 e. The predicted octanol–water partition coefficient (Wildman–Crippen LogP) is 5.11. The van der Waals surface area contributed by atoms with Crippen molar-refractivity contribution in [3.63, 3.8) is 0 Å². The zero-order valence-corrected chi connectivity index (χ0v) is 15.0. The summed E-state index contributed by atoms with van der Waals surface area (Å²) >= 11 is 0. The van der Waals surface area contributed by atoms with Crippen molar-refractivity contribution < 1.29 is 9.63 Å². The molecule has 0 saturated heterocycles. The number of carbonyl (C=O) groups is 1. The van der Waals surface area contributed by atoms with E-state index in [0.717, 1.165) is 22.3 Å². The lowest BCUT2D eigenvalue weighted by Crippen LogP contribution is -2.16. The van der Waals surface area contributed by atoms with Gasteiger partial charge in [0.05, 0.1) is 0 Å². The molecule has 0 radical (unpaired) electrons. The Morgan fingerprint density at radius 2 is 1.31 bits per heavy atom. The van der Waals surface area contributed by atoms with Crippen molar-refractivity contribution in [2.45, 2.75) is 20.5 Å². The maximum absolute atomic E-state index is 13.0. The number of carbonyl (C=O) groups excluding carboxylic acids is 1. The van der Waals surface area contributed by atoms with Gasteiger partial charge in [-0.1, -0.05) is 95.1 Å². The first-order valence-corrected chi connectivity index (χ1v) is 8.56. The van der Waals surface area contributed by atoms with Gasteiger partial charge >= 0.3 is 0 Å². The lowest BCUT2D eigenvalue weighted by molar-refractivity contribution is 0.103. The molecule has 26 heavy (non-hydrogen) atoms. The second kappa shape index (κ2) is 8.26. The molecule has 0 aliphatic rings. The number of aryl methyl sites for hydroxylation is 2. The van der Waals surface area contributed by atoms with Crippen molar-refractivity contribution in [3.8, 4) is 0 Å². The molecule has 3 rings (SSSR count). The van der Waals surface area contributed by atoms with Gasteiger partial charge in [0.15, 0.2) is 5.71 Å². The van der Waals surface area contributed by atoms with E-state index in [1.807, 2.05) is 92.7 Å². The minimum Gasteiger partial charge on any atom is -0.390 e. The van der Waals surface area contributed by atoms with E-state index in [9.17, 15) is 4.79 Å². The highest BCUT2D eigenvalue weighted by atomic mass is 16.6. The Hall–Kier alpha value is -3.20. The van der Waals surface area contributed by atoms with E-state index in [1.165, 1.54) is 0 Å². The average Bonchev–Trinajstić information content (AvgIpc) is 2.67. The summed E-state index contributed by atoms with van der Waals surface area (Å²) < 4.78 is 0. The molecule has 0 heterocycles. The van der Waals surface area contributed by atoms with Crippen LogP contribution in [-0.4, -0.2) is 11.5 Å². The molecule has 0 aliphatic heterocycles. The van der Waals surface area contributed by atoms with Crippen LogP contribution in [0.25, 0.3) is 0 Å². The Labute approximate surface area is 153 Å². The van der Waals surface area contributed by atoms with E-state index < -0.39 is 0 Å². The first-order chi connectivity index (χ1) is 12.6. The van der Waals surface area contributed by atoms with Gasteiger partial charge in [-0.3, -0.25) is 4.79 Å². The predicted molar refractivity (Wildman–Crippen MR) is 104 cm³/mol. The summed E-state index contributed by atoms with van der Waals surface area (Å²) in [4.78, 5) is 18.5. The number of hydrogen-bond donors (Lipinski definition) is 0. The minimum absolute atomic E-state index is 0.151. The highest BCUT2D eigenvalue weighted by Crippen LogP contribution is 2.13. The summed E-state index contributed by atoms with van der Waals surface area (Å²) in [5.41, 5.74) is 4.89. The summed E-state index contributed by atoms with van der Waals surface area (Å²) in [6.07, 6.45) is 0. The Bertz CT molecular complexity index is 895. The summed E-state index contributed by atoms with van der Waals surface area (Å²) in [5.74, 6) is -0.151. The van der Waals surface area contributed by atoms with E-state index in [0.29, 0.717) is 17.9 Å². The van der Waals surface area contributed by atoms with Gasteiger partial charge in [-0.25, -0.2) is 0 Å². The first kappa shape index (κ1) is 17.6. The Morgan fingerprint density at radius 3 is 1.88 bits per heavy atom. The van der Waals surface area contributed by atoms with E-state index >= 15 is 0 Å². The minimum atomic E-state index is -0.151. The monoisotopic (exact) mass is 343 g/mol. The van der Waals surface area contributed by atoms with Gasteiger partial charge in [0.25, 0.3) is 0 Å². The fraction of sp³-hybridized carbons (Fsp3) is 0.130. The number of ketones is 1. The van der Waals surface area contributed by atoms with Crippen LogP contribution in [-0.2, 0) is 11.4 Å². The van der Waals surface area contributed by atoms with Gasteiger partial charge in [-0.2, -0.15) is 0 Å². The standard InChI is InChI=1S/C23H21NO2/c1-17-8-12-20(13-9-17)22(23(25)21-14-10-18(2)11-15-21)24-26-16-19-6-4-3-5-7-19/h3-15H,16H2,1-2H3/b24-22+. The summed E-state index contributed by atoms with van der Waals surface area (Å²) in [6.45, 7) is 4.32. The number of Topliss-reactive ketones (excluding diaryl/α,β-unsaturated/α-hetero) is 1. The normalized spacial score (nSPS) is 11.2. The number of rotatable bonds is 6. The van der Waals surface area contributed by atoms with Crippen LogP contribution in [0.3, 0.4) is 0 Å². The Kier molecular flexibility index (Phi) is 5.59. The topological polar surface area (TPSA) is 38.7 Å². The third-order valence-electron chi connectivity index (χ3n) is 4.08. The molecule has 3 aromatic carbocycles. The molecular weight excluding hydrogens is 322 g/mol. The van der Waals surface area contributed by atoms with Gasteiger partial charge in [-0.15, -0.1) is 0 Å². The molecule has 0 aliphatic carbocycles. The quantitative estimate of drug-likeness (QED) is 0.354.